The van der Waals surface area contributed by atoms with Gasteiger partial charge in [0, 0.05) is 0 Å². The van der Waals surface area contributed by atoms with Gasteiger partial charge in [0.05, 0.1) is 18.5 Å². The van der Waals surface area contributed by atoms with Gasteiger partial charge in [0.25, 0.3) is 10.0 Å². The Hall–Kier alpha value is -2.28. The molecule has 0 saturated heterocycles. The fraction of sp³-hybridized carbons (Fsp3) is 0.0769. The third-order valence-corrected chi connectivity index (χ3v) is 4.08. The lowest BCUT2D eigenvalue weighted by molar-refractivity contribution is 0.417. The van der Waals surface area contributed by atoms with Crippen molar-refractivity contribution < 1.29 is 17.5 Å². The van der Waals surface area contributed by atoms with Crippen LogP contribution in [0.3, 0.4) is 0 Å². The topological polar surface area (TPSA) is 81.4 Å². The lowest BCUT2D eigenvalue weighted by Crippen LogP contribution is -2.16. The van der Waals surface area contributed by atoms with Crippen LogP contribution in [0.4, 0.5) is 15.8 Å². The van der Waals surface area contributed by atoms with Gasteiger partial charge in [0.2, 0.25) is 0 Å². The number of rotatable bonds is 4. The molecule has 0 amide bonds. The summed E-state index contributed by atoms with van der Waals surface area (Å²) in [5.74, 6) is -0.432. The number of sulfonamides is 1. The van der Waals surface area contributed by atoms with Crippen molar-refractivity contribution >= 4 is 21.4 Å². The second-order valence-corrected chi connectivity index (χ2v) is 5.61. The van der Waals surface area contributed by atoms with Crippen LogP contribution >= 0.6 is 0 Å². The fourth-order valence-corrected chi connectivity index (χ4v) is 2.89. The van der Waals surface area contributed by atoms with Gasteiger partial charge in [-0.2, -0.15) is 0 Å². The maximum absolute atomic E-state index is 13.4. The fourth-order valence-electron chi connectivity index (χ4n) is 1.68. The first-order valence-corrected chi connectivity index (χ1v) is 7.14. The molecule has 20 heavy (non-hydrogen) atoms. The molecule has 0 radical (unpaired) electrons. The van der Waals surface area contributed by atoms with Crippen molar-refractivity contribution in [3.05, 3.63) is 48.3 Å². The second-order valence-electron chi connectivity index (χ2n) is 3.96. The van der Waals surface area contributed by atoms with Crippen LogP contribution in [0.1, 0.15) is 0 Å². The van der Waals surface area contributed by atoms with E-state index in [1.807, 2.05) is 0 Å². The molecule has 3 N–H and O–H groups in total. The van der Waals surface area contributed by atoms with Crippen LogP contribution in [0.2, 0.25) is 0 Å². The Morgan fingerprint density at radius 2 is 1.85 bits per heavy atom. The van der Waals surface area contributed by atoms with Crippen molar-refractivity contribution in [1.29, 1.82) is 0 Å². The highest BCUT2D eigenvalue weighted by Gasteiger charge is 2.20. The van der Waals surface area contributed by atoms with Crippen molar-refractivity contribution in [2.45, 2.75) is 4.90 Å². The zero-order valence-electron chi connectivity index (χ0n) is 10.6. The number of halogens is 1. The third-order valence-electron chi connectivity index (χ3n) is 2.65. The third kappa shape index (κ3) is 2.67. The average molecular weight is 296 g/mol. The molecule has 5 nitrogen and oxygen atoms in total. The maximum Gasteiger partial charge on any atom is 0.264 e. The number of nitrogens with two attached hydrogens (primary N) is 1. The van der Waals surface area contributed by atoms with E-state index in [0.717, 1.165) is 6.07 Å². The van der Waals surface area contributed by atoms with Gasteiger partial charge < -0.3 is 10.5 Å². The predicted octanol–water partition coefficient (Wildman–Crippen LogP) is 2.22. The summed E-state index contributed by atoms with van der Waals surface area (Å²) >= 11 is 0. The van der Waals surface area contributed by atoms with E-state index < -0.39 is 21.5 Å². The van der Waals surface area contributed by atoms with Gasteiger partial charge in [-0.3, -0.25) is 4.72 Å². The quantitative estimate of drug-likeness (QED) is 0.848. The first kappa shape index (κ1) is 14.1. The van der Waals surface area contributed by atoms with Crippen LogP contribution < -0.4 is 15.2 Å². The van der Waals surface area contributed by atoms with Gasteiger partial charge in [-0.25, -0.2) is 12.8 Å². The Bertz CT molecular complexity index is 732. The smallest absolute Gasteiger partial charge is 0.264 e. The minimum absolute atomic E-state index is 0.249. The van der Waals surface area contributed by atoms with E-state index >= 15 is 0 Å². The molecule has 0 aliphatic rings. The summed E-state index contributed by atoms with van der Waals surface area (Å²) < 4.78 is 45.2. The van der Waals surface area contributed by atoms with Crippen molar-refractivity contribution in [1.82, 2.24) is 0 Å². The van der Waals surface area contributed by atoms with Crippen LogP contribution in [0.15, 0.2) is 47.4 Å². The van der Waals surface area contributed by atoms with E-state index in [0.29, 0.717) is 5.75 Å². The Morgan fingerprint density at radius 3 is 2.55 bits per heavy atom. The summed E-state index contributed by atoms with van der Waals surface area (Å²) in [7, 11) is -2.57. The summed E-state index contributed by atoms with van der Waals surface area (Å²) in [4.78, 5) is -0.316. The number of hydrogen-bond acceptors (Lipinski definition) is 4. The van der Waals surface area contributed by atoms with Crippen molar-refractivity contribution in [3.8, 4) is 5.75 Å². The van der Waals surface area contributed by atoms with Crippen molar-refractivity contribution in [2.24, 2.45) is 0 Å². The first-order valence-electron chi connectivity index (χ1n) is 5.65. The molecule has 0 aliphatic heterocycles. The molecular formula is C13H13FN2O3S. The van der Waals surface area contributed by atoms with E-state index in [2.05, 4.69) is 4.72 Å². The molecule has 0 saturated carbocycles. The van der Waals surface area contributed by atoms with Gasteiger partial charge >= 0.3 is 0 Å². The van der Waals surface area contributed by atoms with Crippen LogP contribution in [-0.2, 0) is 10.0 Å². The molecular weight excluding hydrogens is 283 g/mol. The number of methoxy groups -OCH3 is 1. The number of nitrogen functional groups attached to an aromatic ring is 1. The van der Waals surface area contributed by atoms with Gasteiger partial charge in [-0.1, -0.05) is 18.2 Å². The monoisotopic (exact) mass is 296 g/mol. The zero-order chi connectivity index (χ0) is 14.8. The summed E-state index contributed by atoms with van der Waals surface area (Å²) in [5, 5.41) is 0. The lowest BCUT2D eigenvalue weighted by atomic mass is 10.3. The number of ether oxygens (including phenoxy) is 1. The standard InChI is InChI=1S/C13H13FN2O3S/c1-19-11-7-3-2-6-10(11)16-20(17,18)12-8-4-5-9(14)13(12)15/h2-8,16H,15H2,1H3. The lowest BCUT2D eigenvalue weighted by Gasteiger charge is -2.13. The van der Waals surface area contributed by atoms with E-state index in [4.69, 9.17) is 10.5 Å². The van der Waals surface area contributed by atoms with E-state index in [-0.39, 0.29) is 10.6 Å². The van der Waals surface area contributed by atoms with E-state index in [1.165, 1.54) is 25.3 Å². The highest BCUT2D eigenvalue weighted by Crippen LogP contribution is 2.28. The zero-order valence-corrected chi connectivity index (χ0v) is 11.4. The Labute approximate surface area is 116 Å². The average Bonchev–Trinajstić information content (AvgIpc) is 2.42. The van der Waals surface area contributed by atoms with Gasteiger partial charge in [-0.15, -0.1) is 0 Å². The Balaban J connectivity index is 2.44. The van der Waals surface area contributed by atoms with Crippen molar-refractivity contribution in [3.63, 3.8) is 0 Å². The molecule has 0 heterocycles. The maximum atomic E-state index is 13.4. The molecule has 2 rings (SSSR count). The summed E-state index contributed by atoms with van der Waals surface area (Å²) in [6, 6.07) is 10.1. The molecule has 106 valence electrons. The number of para-hydroxylation sites is 3. The molecule has 2 aromatic carbocycles. The first-order chi connectivity index (χ1) is 9.45. The minimum atomic E-state index is -3.99. The van der Waals surface area contributed by atoms with Gasteiger partial charge in [0.1, 0.15) is 16.5 Å². The number of nitrogens with one attached hydrogen (secondary N) is 1. The SMILES string of the molecule is COc1ccccc1NS(=O)(=O)c1cccc(F)c1N. The van der Waals surface area contributed by atoms with Crippen LogP contribution in [0, 0.1) is 5.82 Å². The summed E-state index contributed by atoms with van der Waals surface area (Å²) in [6.07, 6.45) is 0. The number of benzene rings is 2. The van der Waals surface area contributed by atoms with Gasteiger partial charge in [-0.05, 0) is 24.3 Å². The van der Waals surface area contributed by atoms with Crippen molar-refractivity contribution in [2.75, 3.05) is 17.6 Å². The second kappa shape index (κ2) is 5.38. The molecule has 7 heteroatoms. The molecule has 2 aromatic rings. The highest BCUT2D eigenvalue weighted by molar-refractivity contribution is 7.92. The van der Waals surface area contributed by atoms with E-state index in [9.17, 15) is 12.8 Å². The molecule has 0 unspecified atom stereocenters. The number of anilines is 2. The largest absolute Gasteiger partial charge is 0.495 e. The summed E-state index contributed by atoms with van der Waals surface area (Å²) in [5.41, 5.74) is 5.29. The van der Waals surface area contributed by atoms with Gasteiger partial charge in [0.15, 0.2) is 0 Å². The predicted molar refractivity (Wildman–Crippen MR) is 74.6 cm³/mol. The normalized spacial score (nSPS) is 11.1. The Kier molecular flexibility index (Phi) is 3.80. The molecule has 0 spiro atoms. The highest BCUT2D eigenvalue weighted by atomic mass is 32.2. The van der Waals surface area contributed by atoms with Crippen LogP contribution in [-0.4, -0.2) is 15.5 Å². The van der Waals surface area contributed by atoms with E-state index in [1.54, 1.807) is 18.2 Å². The minimum Gasteiger partial charge on any atom is -0.495 e. The molecule has 0 fully saturated rings. The Morgan fingerprint density at radius 1 is 1.15 bits per heavy atom. The number of hydrogen-bond donors (Lipinski definition) is 2. The molecule has 0 bridgehead atoms. The molecule has 0 aromatic heterocycles. The van der Waals surface area contributed by atoms with Crippen LogP contribution in [0.5, 0.6) is 5.75 Å². The summed E-state index contributed by atoms with van der Waals surface area (Å²) in [6.45, 7) is 0. The molecule has 0 atom stereocenters. The van der Waals surface area contributed by atoms with Crippen LogP contribution in [0.25, 0.3) is 0 Å². The molecule has 0 aliphatic carbocycles.